The second kappa shape index (κ2) is 1.17. The Kier molecular flexibility index (Phi) is 0.854. The Morgan fingerprint density at radius 2 is 1.50 bits per heavy atom. The van der Waals surface area contributed by atoms with Gasteiger partial charge < -0.3 is 0 Å². The molecule has 0 bridgehead atoms. The maximum absolute atomic E-state index is 11.9. The number of alkyl halides is 4. The molecule has 0 heterocycles. The zero-order valence-electron chi connectivity index (χ0n) is 3.93. The van der Waals surface area contributed by atoms with Gasteiger partial charge in [0.2, 0.25) is 5.67 Å². The van der Waals surface area contributed by atoms with Crippen LogP contribution in [0.5, 0.6) is 0 Å². The first kappa shape index (κ1) is 5.85. The number of hydrogen-bond donors (Lipinski definition) is 0. The summed E-state index contributed by atoms with van der Waals surface area (Å²) in [6.07, 6.45) is -5.32. The monoisotopic (exact) mass is 128 g/mol. The van der Waals surface area contributed by atoms with Crippen molar-refractivity contribution in [1.82, 2.24) is 0 Å². The molecular formula is C4H4F4. The van der Waals surface area contributed by atoms with Gasteiger partial charge in [0.15, 0.2) is 0 Å². The van der Waals surface area contributed by atoms with Crippen molar-refractivity contribution >= 4 is 0 Å². The second-order valence-corrected chi connectivity index (χ2v) is 1.96. The average molecular weight is 128 g/mol. The maximum atomic E-state index is 11.9. The van der Waals surface area contributed by atoms with Crippen LogP contribution in [0, 0.1) is 0 Å². The second-order valence-electron chi connectivity index (χ2n) is 1.96. The lowest BCUT2D eigenvalue weighted by atomic mass is 10.4. The van der Waals surface area contributed by atoms with Gasteiger partial charge in [-0.25, -0.2) is 4.39 Å². The highest BCUT2D eigenvalue weighted by molar-refractivity contribution is 5.00. The fourth-order valence-electron chi connectivity index (χ4n) is 0.393. The van der Waals surface area contributed by atoms with Crippen LogP contribution in [0.25, 0.3) is 0 Å². The smallest absolute Gasteiger partial charge is 0.234 e. The van der Waals surface area contributed by atoms with Gasteiger partial charge in [-0.2, -0.15) is 13.2 Å². The largest absolute Gasteiger partial charge is 0.422 e. The summed E-state index contributed by atoms with van der Waals surface area (Å²) in [5.41, 5.74) is -2.81. The first-order valence-electron chi connectivity index (χ1n) is 2.21. The molecule has 0 atom stereocenters. The quantitative estimate of drug-likeness (QED) is 0.438. The summed E-state index contributed by atoms with van der Waals surface area (Å²) in [7, 11) is 0. The molecule has 0 N–H and O–H groups in total. The third-order valence-electron chi connectivity index (χ3n) is 1.20. The number of rotatable bonds is 0. The molecule has 0 nitrogen and oxygen atoms in total. The highest BCUT2D eigenvalue weighted by atomic mass is 19.4. The van der Waals surface area contributed by atoms with Crippen molar-refractivity contribution in [2.24, 2.45) is 0 Å². The first-order valence-corrected chi connectivity index (χ1v) is 2.21. The Balaban J connectivity index is 2.58. The minimum atomic E-state index is -4.62. The lowest BCUT2D eigenvalue weighted by Crippen LogP contribution is -2.25. The Bertz CT molecular complexity index is 95.9. The van der Waals surface area contributed by atoms with Crippen LogP contribution < -0.4 is 0 Å². The molecule has 1 aliphatic rings. The molecule has 0 unspecified atom stereocenters. The summed E-state index contributed by atoms with van der Waals surface area (Å²) < 4.78 is 45.6. The van der Waals surface area contributed by atoms with Crippen molar-refractivity contribution in [3.05, 3.63) is 0 Å². The van der Waals surface area contributed by atoms with Gasteiger partial charge in [0.1, 0.15) is 0 Å². The molecule has 0 aromatic carbocycles. The molecule has 0 saturated heterocycles. The van der Waals surface area contributed by atoms with E-state index in [1.807, 2.05) is 0 Å². The van der Waals surface area contributed by atoms with E-state index < -0.39 is 11.8 Å². The van der Waals surface area contributed by atoms with E-state index >= 15 is 0 Å². The van der Waals surface area contributed by atoms with E-state index in [0.717, 1.165) is 0 Å². The van der Waals surface area contributed by atoms with Gasteiger partial charge in [-0.15, -0.1) is 0 Å². The lowest BCUT2D eigenvalue weighted by Gasteiger charge is -2.07. The molecule has 0 spiro atoms. The molecule has 1 rings (SSSR count). The van der Waals surface area contributed by atoms with E-state index in [0.29, 0.717) is 0 Å². The van der Waals surface area contributed by atoms with Crippen LogP contribution in [-0.2, 0) is 0 Å². The van der Waals surface area contributed by atoms with Gasteiger partial charge in [0.25, 0.3) is 0 Å². The molecule has 1 saturated carbocycles. The summed E-state index contributed by atoms with van der Waals surface area (Å²) >= 11 is 0. The standard InChI is InChI=1S/C4H4F4/c5-3(1-2-3)4(6,7)8/h1-2H2. The molecular weight excluding hydrogens is 124 g/mol. The molecule has 1 aliphatic carbocycles. The van der Waals surface area contributed by atoms with Crippen LogP contribution >= 0.6 is 0 Å². The van der Waals surface area contributed by atoms with Crippen molar-refractivity contribution in [3.63, 3.8) is 0 Å². The summed E-state index contributed by atoms with van der Waals surface area (Å²) in [5.74, 6) is 0. The third-order valence-corrected chi connectivity index (χ3v) is 1.20. The highest BCUT2D eigenvalue weighted by Crippen LogP contribution is 2.52. The summed E-state index contributed by atoms with van der Waals surface area (Å²) in [5, 5.41) is 0. The van der Waals surface area contributed by atoms with Crippen molar-refractivity contribution in [3.8, 4) is 0 Å². The van der Waals surface area contributed by atoms with Crippen molar-refractivity contribution in [2.45, 2.75) is 24.7 Å². The van der Waals surface area contributed by atoms with Crippen LogP contribution in [0.3, 0.4) is 0 Å². The van der Waals surface area contributed by atoms with Crippen molar-refractivity contribution < 1.29 is 17.6 Å². The molecule has 8 heavy (non-hydrogen) atoms. The normalized spacial score (nSPS) is 25.5. The van der Waals surface area contributed by atoms with Gasteiger partial charge in [-0.1, -0.05) is 0 Å². The Labute approximate surface area is 43.5 Å². The minimum absolute atomic E-state index is 0.351. The van der Waals surface area contributed by atoms with E-state index in [-0.39, 0.29) is 12.8 Å². The number of hydrogen-bond acceptors (Lipinski definition) is 0. The maximum Gasteiger partial charge on any atom is 0.422 e. The SMILES string of the molecule is FC(F)(F)C1(F)CC1. The third kappa shape index (κ3) is 0.677. The summed E-state index contributed by atoms with van der Waals surface area (Å²) in [4.78, 5) is 0. The fourth-order valence-corrected chi connectivity index (χ4v) is 0.393. The van der Waals surface area contributed by atoms with E-state index in [1.165, 1.54) is 0 Å². The van der Waals surface area contributed by atoms with Gasteiger partial charge in [-0.05, 0) is 12.8 Å². The topological polar surface area (TPSA) is 0 Å². The number of halogens is 4. The molecule has 48 valence electrons. The van der Waals surface area contributed by atoms with Gasteiger partial charge in [0, 0.05) is 0 Å². The first-order chi connectivity index (χ1) is 3.46. The van der Waals surface area contributed by atoms with Crippen LogP contribution in [0.15, 0.2) is 0 Å². The van der Waals surface area contributed by atoms with Crippen LogP contribution in [0.4, 0.5) is 17.6 Å². The molecule has 0 amide bonds. The molecule has 0 aromatic rings. The Hall–Kier alpha value is -0.280. The van der Waals surface area contributed by atoms with E-state index in [2.05, 4.69) is 0 Å². The van der Waals surface area contributed by atoms with Gasteiger partial charge in [0.05, 0.1) is 0 Å². The van der Waals surface area contributed by atoms with E-state index in [1.54, 1.807) is 0 Å². The zero-order chi connectivity index (χ0) is 6.41. The summed E-state index contributed by atoms with van der Waals surface area (Å²) in [6.45, 7) is 0. The molecule has 0 aliphatic heterocycles. The molecule has 0 radical (unpaired) electrons. The minimum Gasteiger partial charge on any atom is -0.234 e. The fraction of sp³-hybridized carbons (Fsp3) is 1.00. The van der Waals surface area contributed by atoms with Crippen LogP contribution in [0.2, 0.25) is 0 Å². The van der Waals surface area contributed by atoms with E-state index in [4.69, 9.17) is 0 Å². The van der Waals surface area contributed by atoms with Crippen LogP contribution in [-0.4, -0.2) is 11.8 Å². The molecule has 0 aromatic heterocycles. The molecule has 1 fully saturated rings. The van der Waals surface area contributed by atoms with Gasteiger partial charge >= 0.3 is 6.18 Å². The van der Waals surface area contributed by atoms with Crippen molar-refractivity contribution in [2.75, 3.05) is 0 Å². The Morgan fingerprint density at radius 3 is 1.50 bits per heavy atom. The van der Waals surface area contributed by atoms with E-state index in [9.17, 15) is 17.6 Å². The summed E-state index contributed by atoms with van der Waals surface area (Å²) in [6, 6.07) is 0. The van der Waals surface area contributed by atoms with Crippen LogP contribution in [0.1, 0.15) is 12.8 Å². The van der Waals surface area contributed by atoms with Crippen molar-refractivity contribution in [1.29, 1.82) is 0 Å². The molecule has 4 heteroatoms. The zero-order valence-corrected chi connectivity index (χ0v) is 3.93. The van der Waals surface area contributed by atoms with Gasteiger partial charge in [-0.3, -0.25) is 0 Å². The Morgan fingerprint density at radius 1 is 1.12 bits per heavy atom. The average Bonchev–Trinajstić information content (AvgIpc) is 2.16. The predicted molar refractivity (Wildman–Crippen MR) is 19.1 cm³/mol. The lowest BCUT2D eigenvalue weighted by molar-refractivity contribution is -0.192. The highest BCUT2D eigenvalue weighted by Gasteiger charge is 2.64. The predicted octanol–water partition coefficient (Wildman–Crippen LogP) is 2.05.